The molecule has 0 unspecified atom stereocenters. The van der Waals surface area contributed by atoms with Gasteiger partial charge in [-0.1, -0.05) is 30.3 Å². The Morgan fingerprint density at radius 1 is 0.921 bits per heavy atom. The molecule has 3 heterocycles. The van der Waals surface area contributed by atoms with E-state index in [4.69, 9.17) is 5.73 Å². The van der Waals surface area contributed by atoms with Crippen molar-refractivity contribution in [1.29, 1.82) is 0 Å². The lowest BCUT2D eigenvalue weighted by Crippen LogP contribution is -2.38. The first-order valence-corrected chi connectivity index (χ1v) is 13.0. The largest absolute Gasteiger partial charge is 0.366 e. The van der Waals surface area contributed by atoms with Crippen LogP contribution in [0.2, 0.25) is 0 Å². The lowest BCUT2D eigenvalue weighted by atomic mass is 9.96. The van der Waals surface area contributed by atoms with E-state index in [1.54, 1.807) is 24.5 Å². The first-order chi connectivity index (χ1) is 18.5. The molecule has 1 aliphatic heterocycles. The summed E-state index contributed by atoms with van der Waals surface area (Å²) in [4.78, 5) is 44.7. The molecule has 4 N–H and O–H groups in total. The second kappa shape index (κ2) is 13.4. The van der Waals surface area contributed by atoms with Crippen LogP contribution in [0.25, 0.3) is 0 Å². The van der Waals surface area contributed by atoms with Crippen molar-refractivity contribution in [3.05, 3.63) is 89.9 Å². The summed E-state index contributed by atoms with van der Waals surface area (Å²) >= 11 is 0. The van der Waals surface area contributed by atoms with Gasteiger partial charge in [0, 0.05) is 43.2 Å². The monoisotopic (exact) mass is 514 g/mol. The molecule has 1 aromatic carbocycles. The van der Waals surface area contributed by atoms with Crippen molar-refractivity contribution < 1.29 is 14.4 Å². The molecular formula is C29H34N6O3. The number of benzene rings is 1. The number of nitrogens with two attached hydrogens (primary N) is 1. The zero-order valence-corrected chi connectivity index (χ0v) is 21.4. The number of nitrogens with zero attached hydrogens (tertiary/aromatic N) is 3. The molecule has 2 aliphatic rings. The lowest BCUT2D eigenvalue weighted by Gasteiger charge is -2.32. The van der Waals surface area contributed by atoms with E-state index >= 15 is 0 Å². The highest BCUT2D eigenvalue weighted by Gasteiger charge is 2.29. The van der Waals surface area contributed by atoms with Crippen LogP contribution in [0.1, 0.15) is 52.0 Å². The maximum absolute atomic E-state index is 12.0. The van der Waals surface area contributed by atoms with Gasteiger partial charge in [-0.15, -0.1) is 0 Å². The average molecular weight is 515 g/mol. The number of anilines is 1. The molecule has 3 amide bonds. The fourth-order valence-corrected chi connectivity index (χ4v) is 4.25. The van der Waals surface area contributed by atoms with Crippen LogP contribution in [0, 0.1) is 11.8 Å². The maximum Gasteiger partial charge on any atom is 0.252 e. The van der Waals surface area contributed by atoms with E-state index in [2.05, 4.69) is 55.8 Å². The molecule has 2 aromatic heterocycles. The first kappa shape index (κ1) is 26.9. The SMILES string of the molecule is NC(=O)c1ccnc(NC(=O)C2CC2)c1.O=C(NCC1CCN(Cc2ccccc2)CC1)c1cccnc1. The normalized spacial score (nSPS) is 15.6. The summed E-state index contributed by atoms with van der Waals surface area (Å²) in [7, 11) is 0. The Morgan fingerprint density at radius 3 is 2.34 bits per heavy atom. The van der Waals surface area contributed by atoms with Crippen LogP contribution in [0.5, 0.6) is 0 Å². The molecule has 0 atom stereocenters. The fourth-order valence-electron chi connectivity index (χ4n) is 4.25. The Bertz CT molecular complexity index is 1210. The average Bonchev–Trinajstić information content (AvgIpc) is 3.80. The summed E-state index contributed by atoms with van der Waals surface area (Å²) in [6.45, 7) is 3.98. The van der Waals surface area contributed by atoms with Crippen molar-refractivity contribution >= 4 is 23.5 Å². The van der Waals surface area contributed by atoms with Crippen molar-refractivity contribution in [2.45, 2.75) is 32.2 Å². The molecule has 1 saturated heterocycles. The Kier molecular flexibility index (Phi) is 9.53. The number of likely N-dealkylation sites (tertiary alicyclic amines) is 1. The Hall–Kier alpha value is -4.11. The lowest BCUT2D eigenvalue weighted by molar-refractivity contribution is -0.117. The Balaban J connectivity index is 0.000000194. The standard InChI is InChI=1S/C19H23N3O.C10H11N3O2/c23-19(18-7-4-10-20-14-18)21-13-16-8-11-22(12-9-16)15-17-5-2-1-3-6-17;11-9(14)7-3-4-12-8(5-7)13-10(15)6-1-2-6/h1-7,10,14,16H,8-9,11-13,15H2,(H,21,23);3-6H,1-2H2,(H2,11,14)(H,12,13,15). The van der Waals surface area contributed by atoms with Gasteiger partial charge in [-0.3, -0.25) is 24.3 Å². The van der Waals surface area contributed by atoms with Gasteiger partial charge in [0.05, 0.1) is 5.56 Å². The van der Waals surface area contributed by atoms with Crippen LogP contribution < -0.4 is 16.4 Å². The minimum atomic E-state index is -0.528. The number of piperidine rings is 1. The number of pyridine rings is 2. The van der Waals surface area contributed by atoms with E-state index in [-0.39, 0.29) is 17.7 Å². The molecule has 2 fully saturated rings. The number of amides is 3. The van der Waals surface area contributed by atoms with Gasteiger partial charge in [0.25, 0.3) is 5.91 Å². The van der Waals surface area contributed by atoms with Gasteiger partial charge in [-0.2, -0.15) is 0 Å². The molecule has 0 bridgehead atoms. The summed E-state index contributed by atoms with van der Waals surface area (Å²) < 4.78 is 0. The van der Waals surface area contributed by atoms with Gasteiger partial charge in [-0.25, -0.2) is 4.98 Å². The minimum absolute atomic E-state index is 0.0233. The molecule has 198 valence electrons. The zero-order chi connectivity index (χ0) is 26.7. The highest BCUT2D eigenvalue weighted by Crippen LogP contribution is 2.29. The number of carbonyl (C=O) groups excluding carboxylic acids is 3. The molecule has 0 spiro atoms. The molecule has 9 heteroatoms. The highest BCUT2D eigenvalue weighted by atomic mass is 16.2. The molecule has 5 rings (SSSR count). The van der Waals surface area contributed by atoms with Crippen molar-refractivity contribution in [3.63, 3.8) is 0 Å². The Labute approximate surface area is 222 Å². The van der Waals surface area contributed by atoms with Gasteiger partial charge in [-0.05, 0) is 74.5 Å². The van der Waals surface area contributed by atoms with Crippen molar-refractivity contribution in [2.24, 2.45) is 17.6 Å². The third-order valence-corrected chi connectivity index (χ3v) is 6.68. The van der Waals surface area contributed by atoms with Gasteiger partial charge in [0.15, 0.2) is 0 Å². The van der Waals surface area contributed by atoms with Crippen LogP contribution in [0.4, 0.5) is 5.82 Å². The molecular weight excluding hydrogens is 480 g/mol. The summed E-state index contributed by atoms with van der Waals surface area (Å²) in [5, 5.41) is 5.68. The molecule has 38 heavy (non-hydrogen) atoms. The third kappa shape index (κ3) is 8.48. The van der Waals surface area contributed by atoms with E-state index in [9.17, 15) is 14.4 Å². The fraction of sp³-hybridized carbons (Fsp3) is 0.345. The van der Waals surface area contributed by atoms with E-state index in [1.165, 1.54) is 23.9 Å². The van der Waals surface area contributed by atoms with Gasteiger partial charge in [0.1, 0.15) is 5.82 Å². The molecule has 0 radical (unpaired) electrons. The molecule has 3 aromatic rings. The van der Waals surface area contributed by atoms with E-state index in [0.717, 1.165) is 51.9 Å². The number of hydrogen-bond acceptors (Lipinski definition) is 6. The maximum atomic E-state index is 12.0. The van der Waals surface area contributed by atoms with E-state index < -0.39 is 5.91 Å². The summed E-state index contributed by atoms with van der Waals surface area (Å²) in [5.41, 5.74) is 7.45. The number of rotatable bonds is 8. The highest BCUT2D eigenvalue weighted by molar-refractivity contribution is 5.96. The predicted molar refractivity (Wildman–Crippen MR) is 145 cm³/mol. The summed E-state index contributed by atoms with van der Waals surface area (Å²) in [6, 6.07) is 17.2. The number of hydrogen-bond donors (Lipinski definition) is 3. The van der Waals surface area contributed by atoms with Gasteiger partial charge < -0.3 is 16.4 Å². The minimum Gasteiger partial charge on any atom is -0.366 e. The van der Waals surface area contributed by atoms with Crippen molar-refractivity contribution in [1.82, 2.24) is 20.2 Å². The predicted octanol–water partition coefficient (Wildman–Crippen LogP) is 3.25. The van der Waals surface area contributed by atoms with Gasteiger partial charge >= 0.3 is 0 Å². The third-order valence-electron chi connectivity index (χ3n) is 6.68. The van der Waals surface area contributed by atoms with E-state index in [0.29, 0.717) is 22.9 Å². The zero-order valence-electron chi connectivity index (χ0n) is 21.4. The molecule has 1 saturated carbocycles. The summed E-state index contributed by atoms with van der Waals surface area (Å²) in [6.07, 6.45) is 8.88. The van der Waals surface area contributed by atoms with Gasteiger partial charge in [0.2, 0.25) is 11.8 Å². The van der Waals surface area contributed by atoms with Crippen molar-refractivity contribution in [2.75, 3.05) is 25.0 Å². The molecule has 9 nitrogen and oxygen atoms in total. The van der Waals surface area contributed by atoms with Crippen LogP contribution >= 0.6 is 0 Å². The van der Waals surface area contributed by atoms with E-state index in [1.807, 2.05) is 0 Å². The summed E-state index contributed by atoms with van der Waals surface area (Å²) in [5.74, 6) is 0.475. The van der Waals surface area contributed by atoms with Crippen LogP contribution in [-0.2, 0) is 11.3 Å². The van der Waals surface area contributed by atoms with Crippen LogP contribution in [0.15, 0.2) is 73.2 Å². The first-order valence-electron chi connectivity index (χ1n) is 13.0. The quantitative estimate of drug-likeness (QED) is 0.423. The second-order valence-corrected chi connectivity index (χ2v) is 9.71. The number of nitrogens with one attached hydrogen (secondary N) is 2. The smallest absolute Gasteiger partial charge is 0.252 e. The number of primary amides is 1. The number of aromatic nitrogens is 2. The molecule has 1 aliphatic carbocycles. The van der Waals surface area contributed by atoms with Crippen LogP contribution in [0.3, 0.4) is 0 Å². The van der Waals surface area contributed by atoms with Crippen molar-refractivity contribution in [3.8, 4) is 0 Å². The topological polar surface area (TPSA) is 130 Å². The second-order valence-electron chi connectivity index (χ2n) is 9.71. The van der Waals surface area contributed by atoms with Crippen LogP contribution in [-0.4, -0.2) is 52.2 Å². The Morgan fingerprint density at radius 2 is 1.68 bits per heavy atom. The number of carbonyl (C=O) groups is 3.